The van der Waals surface area contributed by atoms with Crippen LogP contribution in [0.25, 0.3) is 22.8 Å². The molecule has 1 fully saturated rings. The molecule has 0 spiro atoms. The minimum Gasteiger partial charge on any atom is -0.490 e. The quantitative estimate of drug-likeness (QED) is 0.611. The lowest BCUT2D eigenvalue weighted by Crippen LogP contribution is -2.30. The zero-order valence-electron chi connectivity index (χ0n) is 18.2. The van der Waals surface area contributed by atoms with Gasteiger partial charge in [-0.25, -0.2) is 4.79 Å². The van der Waals surface area contributed by atoms with Crippen LogP contribution in [0.15, 0.2) is 40.9 Å². The highest BCUT2D eigenvalue weighted by Gasteiger charge is 2.48. The monoisotopic (exact) mass is 446 g/mol. The molecule has 2 aliphatic rings. The number of fused-ring (bicyclic) bond motifs is 3. The predicted octanol–water partition coefficient (Wildman–Crippen LogP) is 3.47. The highest BCUT2D eigenvalue weighted by molar-refractivity contribution is 5.74. The van der Waals surface area contributed by atoms with Crippen molar-refractivity contribution in [1.29, 1.82) is 5.26 Å². The number of rotatable bonds is 6. The average molecular weight is 446 g/mol. The number of nitrogens with zero attached hydrogens (tertiary/aromatic N) is 4. The molecule has 1 N–H and O–H groups in total. The van der Waals surface area contributed by atoms with E-state index in [1.165, 1.54) is 0 Å². The summed E-state index contributed by atoms with van der Waals surface area (Å²) in [6, 6.07) is 12.8. The molecule has 168 valence electrons. The molecular weight excluding hydrogens is 424 g/mol. The standard InChI is InChI=1S/C24H22N4O5/c1-13(2)31-19-7-6-14(10-15(19)12-25)23-26-22(27-33-23)17-5-3-4-16-18(17)11-20-21(16)28(8-9-29)24(30)32-20/h3-7,10,13,20-21,29H,8-9,11H2,1-2H3/t20-,21?/m1/s1. The second-order valence-electron chi connectivity index (χ2n) is 8.27. The van der Waals surface area contributed by atoms with E-state index < -0.39 is 6.09 Å². The van der Waals surface area contributed by atoms with E-state index in [1.54, 1.807) is 23.1 Å². The van der Waals surface area contributed by atoms with Crippen LogP contribution in [0.2, 0.25) is 0 Å². The molecule has 9 nitrogen and oxygen atoms in total. The molecule has 1 unspecified atom stereocenters. The van der Waals surface area contributed by atoms with Crippen molar-refractivity contribution in [2.45, 2.75) is 38.5 Å². The van der Waals surface area contributed by atoms with Gasteiger partial charge in [-0.2, -0.15) is 10.2 Å². The van der Waals surface area contributed by atoms with Gasteiger partial charge >= 0.3 is 6.09 Å². The van der Waals surface area contributed by atoms with Crippen molar-refractivity contribution in [2.75, 3.05) is 13.2 Å². The second-order valence-corrected chi connectivity index (χ2v) is 8.27. The maximum atomic E-state index is 12.2. The molecule has 2 aromatic carbocycles. The van der Waals surface area contributed by atoms with Crippen molar-refractivity contribution in [3.05, 3.63) is 53.1 Å². The summed E-state index contributed by atoms with van der Waals surface area (Å²) in [6.45, 7) is 3.88. The lowest BCUT2D eigenvalue weighted by atomic mass is 10.0. The molecule has 2 heterocycles. The van der Waals surface area contributed by atoms with E-state index >= 15 is 0 Å². The number of aliphatic hydroxyl groups is 1. The van der Waals surface area contributed by atoms with Crippen LogP contribution in [0.5, 0.6) is 5.75 Å². The summed E-state index contributed by atoms with van der Waals surface area (Å²) in [7, 11) is 0. The van der Waals surface area contributed by atoms with E-state index in [9.17, 15) is 15.2 Å². The molecule has 1 aliphatic carbocycles. The topological polar surface area (TPSA) is 122 Å². The van der Waals surface area contributed by atoms with Gasteiger partial charge in [0, 0.05) is 24.1 Å². The fraction of sp³-hybridized carbons (Fsp3) is 0.333. The van der Waals surface area contributed by atoms with Gasteiger partial charge in [-0.1, -0.05) is 23.4 Å². The number of benzene rings is 2. The average Bonchev–Trinajstić information content (AvgIpc) is 3.49. The highest BCUT2D eigenvalue weighted by Crippen LogP contribution is 2.45. The number of carbonyl (C=O) groups excluding carboxylic acids is 1. The molecule has 1 saturated heterocycles. The molecule has 3 aromatic rings. The summed E-state index contributed by atoms with van der Waals surface area (Å²) in [4.78, 5) is 18.3. The van der Waals surface area contributed by atoms with Crippen molar-refractivity contribution in [1.82, 2.24) is 15.0 Å². The second kappa shape index (κ2) is 8.22. The summed E-state index contributed by atoms with van der Waals surface area (Å²) >= 11 is 0. The zero-order chi connectivity index (χ0) is 23.1. The van der Waals surface area contributed by atoms with E-state index in [0.29, 0.717) is 35.0 Å². The van der Waals surface area contributed by atoms with Crippen LogP contribution in [-0.2, 0) is 11.2 Å². The summed E-state index contributed by atoms with van der Waals surface area (Å²) < 4.78 is 16.7. The predicted molar refractivity (Wildman–Crippen MR) is 116 cm³/mol. The van der Waals surface area contributed by atoms with Gasteiger partial charge < -0.3 is 19.1 Å². The lowest BCUT2D eigenvalue weighted by molar-refractivity contribution is 0.130. The van der Waals surface area contributed by atoms with Gasteiger partial charge in [0.2, 0.25) is 5.82 Å². The minimum absolute atomic E-state index is 0.0507. The van der Waals surface area contributed by atoms with E-state index in [0.717, 1.165) is 16.7 Å². The normalized spacial score (nSPS) is 18.8. The van der Waals surface area contributed by atoms with Gasteiger partial charge in [-0.15, -0.1) is 0 Å². The summed E-state index contributed by atoms with van der Waals surface area (Å²) in [6.07, 6.45) is -0.230. The van der Waals surface area contributed by atoms with E-state index in [2.05, 4.69) is 16.2 Å². The molecular formula is C24H22N4O5. The van der Waals surface area contributed by atoms with Gasteiger partial charge in [-0.3, -0.25) is 4.90 Å². The van der Waals surface area contributed by atoms with Gasteiger partial charge in [0.25, 0.3) is 5.89 Å². The maximum Gasteiger partial charge on any atom is 0.410 e. The Labute approximate surface area is 190 Å². The molecule has 1 aliphatic heterocycles. The number of hydrogen-bond acceptors (Lipinski definition) is 8. The molecule has 0 saturated carbocycles. The first-order chi connectivity index (χ1) is 16.0. The molecule has 9 heteroatoms. The summed E-state index contributed by atoms with van der Waals surface area (Å²) in [5, 5.41) is 23.0. The van der Waals surface area contributed by atoms with Crippen LogP contribution >= 0.6 is 0 Å². The Kier molecular flexibility index (Phi) is 5.23. The fourth-order valence-electron chi connectivity index (χ4n) is 4.51. The number of β-amino-alcohol motifs (C(OH)–C–C–N with tert-alkyl or cyclic N) is 1. The Hall–Kier alpha value is -3.90. The third kappa shape index (κ3) is 3.58. The number of ether oxygens (including phenoxy) is 2. The Morgan fingerprint density at radius 2 is 2.18 bits per heavy atom. The number of aliphatic hydroxyl groups excluding tert-OH is 1. The molecule has 0 radical (unpaired) electrons. The molecule has 1 aromatic heterocycles. The molecule has 33 heavy (non-hydrogen) atoms. The Bertz CT molecular complexity index is 1260. The zero-order valence-corrected chi connectivity index (χ0v) is 18.2. The van der Waals surface area contributed by atoms with Crippen LogP contribution in [0.1, 0.15) is 36.6 Å². The number of hydrogen-bond donors (Lipinski definition) is 1. The molecule has 1 amide bonds. The van der Waals surface area contributed by atoms with Crippen LogP contribution in [0, 0.1) is 11.3 Å². The summed E-state index contributed by atoms with van der Waals surface area (Å²) in [5.41, 5.74) is 3.77. The number of carbonyl (C=O) groups is 1. The van der Waals surface area contributed by atoms with Gasteiger partial charge in [0.1, 0.15) is 17.9 Å². The first kappa shape index (κ1) is 21.0. The number of aromatic nitrogens is 2. The number of amides is 1. The Balaban J connectivity index is 1.48. The first-order valence-corrected chi connectivity index (χ1v) is 10.7. The van der Waals surface area contributed by atoms with Crippen molar-refractivity contribution in [3.8, 4) is 34.7 Å². The van der Waals surface area contributed by atoms with Crippen LogP contribution in [0.3, 0.4) is 0 Å². The Morgan fingerprint density at radius 1 is 1.33 bits per heavy atom. The molecule has 5 rings (SSSR count). The fourth-order valence-corrected chi connectivity index (χ4v) is 4.51. The summed E-state index contributed by atoms with van der Waals surface area (Å²) in [5.74, 6) is 1.22. The van der Waals surface area contributed by atoms with Crippen LogP contribution < -0.4 is 4.74 Å². The van der Waals surface area contributed by atoms with E-state index in [-0.39, 0.29) is 31.4 Å². The smallest absolute Gasteiger partial charge is 0.410 e. The van der Waals surface area contributed by atoms with Crippen molar-refractivity contribution < 1.29 is 23.9 Å². The molecule has 0 bridgehead atoms. The van der Waals surface area contributed by atoms with Crippen molar-refractivity contribution >= 4 is 6.09 Å². The molecule has 2 atom stereocenters. The minimum atomic E-state index is -0.407. The lowest BCUT2D eigenvalue weighted by Gasteiger charge is -2.20. The van der Waals surface area contributed by atoms with Crippen molar-refractivity contribution in [3.63, 3.8) is 0 Å². The van der Waals surface area contributed by atoms with E-state index in [1.807, 2.05) is 32.0 Å². The van der Waals surface area contributed by atoms with Gasteiger partial charge in [0.15, 0.2) is 0 Å². The van der Waals surface area contributed by atoms with Crippen LogP contribution in [0.4, 0.5) is 4.79 Å². The third-order valence-electron chi connectivity index (χ3n) is 5.83. The SMILES string of the molecule is CC(C)Oc1ccc(-c2nc(-c3cccc4c3C[C@H]3OC(=O)N(CCO)C43)no2)cc1C#N. The highest BCUT2D eigenvalue weighted by atomic mass is 16.6. The maximum absolute atomic E-state index is 12.2. The van der Waals surface area contributed by atoms with E-state index in [4.69, 9.17) is 14.0 Å². The number of nitriles is 1. The third-order valence-corrected chi connectivity index (χ3v) is 5.83. The van der Waals surface area contributed by atoms with Gasteiger partial charge in [-0.05, 0) is 43.2 Å². The van der Waals surface area contributed by atoms with Gasteiger partial charge in [0.05, 0.1) is 24.3 Å². The van der Waals surface area contributed by atoms with Crippen LogP contribution in [-0.4, -0.2) is 51.6 Å². The van der Waals surface area contributed by atoms with Crippen molar-refractivity contribution in [2.24, 2.45) is 0 Å². The Morgan fingerprint density at radius 3 is 2.94 bits per heavy atom. The largest absolute Gasteiger partial charge is 0.490 e. The first-order valence-electron chi connectivity index (χ1n) is 10.7.